The molecular formula is C22H19ClN2O3. The van der Waals surface area contributed by atoms with Crippen molar-refractivity contribution >= 4 is 28.4 Å². The van der Waals surface area contributed by atoms with E-state index in [1.807, 2.05) is 18.2 Å². The fourth-order valence-electron chi connectivity index (χ4n) is 3.23. The number of rotatable bonds is 4. The van der Waals surface area contributed by atoms with Crippen LogP contribution in [0.4, 0.5) is 0 Å². The number of halogens is 1. The number of amides is 1. The summed E-state index contributed by atoms with van der Waals surface area (Å²) >= 11 is 5.95. The van der Waals surface area contributed by atoms with E-state index in [4.69, 9.17) is 22.4 Å². The maximum atomic E-state index is 13.0. The van der Waals surface area contributed by atoms with Crippen LogP contribution in [0.1, 0.15) is 33.6 Å². The maximum absolute atomic E-state index is 13.0. The molecule has 1 heterocycles. The molecular weight excluding hydrogens is 376 g/mol. The molecule has 28 heavy (non-hydrogen) atoms. The number of aryl methyl sites for hydroxylation is 1. The van der Waals surface area contributed by atoms with E-state index in [9.17, 15) is 9.59 Å². The van der Waals surface area contributed by atoms with Gasteiger partial charge in [0, 0.05) is 41.6 Å². The highest BCUT2D eigenvalue weighted by atomic mass is 35.5. The summed E-state index contributed by atoms with van der Waals surface area (Å²) in [5.74, 6) is 5.12. The fraction of sp³-hybridized carbons (Fsp3) is 0.182. The smallest absolute Gasteiger partial charge is 0.254 e. The van der Waals surface area contributed by atoms with Gasteiger partial charge < -0.3 is 15.4 Å². The summed E-state index contributed by atoms with van der Waals surface area (Å²) in [5, 5.41) is 9.95. The molecule has 3 rings (SSSR count). The van der Waals surface area contributed by atoms with Crippen molar-refractivity contribution in [3.63, 3.8) is 0 Å². The van der Waals surface area contributed by atoms with Gasteiger partial charge in [-0.15, -0.1) is 0 Å². The first-order chi connectivity index (χ1) is 13.4. The van der Waals surface area contributed by atoms with Crippen molar-refractivity contribution in [3.8, 4) is 11.8 Å². The molecule has 0 saturated carbocycles. The molecule has 1 amide bonds. The number of carbonyl (C=O) groups is 1. The Kier molecular flexibility index (Phi) is 5.84. The van der Waals surface area contributed by atoms with Crippen LogP contribution in [0.3, 0.4) is 0 Å². The number of nitrogens with two attached hydrogens (primary N) is 1. The van der Waals surface area contributed by atoms with Crippen molar-refractivity contribution in [1.29, 1.82) is 0 Å². The van der Waals surface area contributed by atoms with E-state index in [1.165, 1.54) is 0 Å². The second-order valence-electron chi connectivity index (χ2n) is 6.35. The van der Waals surface area contributed by atoms with Gasteiger partial charge in [-0.3, -0.25) is 9.59 Å². The number of fused-ring (bicyclic) bond motifs is 1. The van der Waals surface area contributed by atoms with E-state index in [0.717, 1.165) is 5.56 Å². The lowest BCUT2D eigenvalue weighted by atomic mass is 9.99. The van der Waals surface area contributed by atoms with Crippen LogP contribution in [-0.4, -0.2) is 22.2 Å². The largest absolute Gasteiger partial charge is 0.395 e. The van der Waals surface area contributed by atoms with Crippen LogP contribution in [0.2, 0.25) is 5.02 Å². The minimum Gasteiger partial charge on any atom is -0.395 e. The number of para-hydroxylation sites is 1. The molecule has 0 aliphatic heterocycles. The van der Waals surface area contributed by atoms with Crippen LogP contribution >= 0.6 is 11.6 Å². The molecule has 0 spiro atoms. The third kappa shape index (κ3) is 3.79. The van der Waals surface area contributed by atoms with E-state index < -0.39 is 11.3 Å². The standard InChI is InChI=1S/C22H19ClN2O3/c1-25-18(13-14-8-10-16(23)11-9-14)19(22(24)28)21(27)17-7-4-6-15(20(17)25)5-2-3-12-26/h4,6-11,26H,3,12-13H2,1H3,(H2,24,28). The number of aromatic nitrogens is 1. The molecule has 0 atom stereocenters. The Morgan fingerprint density at radius 2 is 1.93 bits per heavy atom. The Morgan fingerprint density at radius 3 is 2.57 bits per heavy atom. The minimum atomic E-state index is -0.761. The van der Waals surface area contributed by atoms with Gasteiger partial charge in [0.2, 0.25) is 5.43 Å². The summed E-state index contributed by atoms with van der Waals surface area (Å²) in [7, 11) is 1.79. The Balaban J connectivity index is 2.30. The summed E-state index contributed by atoms with van der Waals surface area (Å²) in [5.41, 5.74) is 7.82. The van der Waals surface area contributed by atoms with E-state index in [-0.39, 0.29) is 12.2 Å². The highest BCUT2D eigenvalue weighted by Crippen LogP contribution is 2.22. The van der Waals surface area contributed by atoms with Gasteiger partial charge in [0.25, 0.3) is 5.91 Å². The zero-order valence-corrected chi connectivity index (χ0v) is 16.1. The molecule has 0 radical (unpaired) electrons. The molecule has 0 saturated heterocycles. The van der Waals surface area contributed by atoms with Gasteiger partial charge in [-0.2, -0.15) is 0 Å². The number of pyridine rings is 1. The van der Waals surface area contributed by atoms with E-state index in [0.29, 0.717) is 40.0 Å². The molecule has 6 heteroatoms. The Labute approximate surface area is 167 Å². The number of primary amides is 1. The number of nitrogens with zero attached hydrogens (tertiary/aromatic N) is 1. The summed E-state index contributed by atoms with van der Waals surface area (Å²) < 4.78 is 1.80. The predicted octanol–water partition coefficient (Wildman–Crippen LogP) is 2.62. The highest BCUT2D eigenvalue weighted by molar-refractivity contribution is 6.30. The van der Waals surface area contributed by atoms with Crippen LogP contribution in [0.5, 0.6) is 0 Å². The van der Waals surface area contributed by atoms with Gasteiger partial charge in [-0.1, -0.05) is 41.6 Å². The predicted molar refractivity (Wildman–Crippen MR) is 111 cm³/mol. The third-order valence-electron chi connectivity index (χ3n) is 4.53. The van der Waals surface area contributed by atoms with Gasteiger partial charge >= 0.3 is 0 Å². The first-order valence-electron chi connectivity index (χ1n) is 8.72. The lowest BCUT2D eigenvalue weighted by Gasteiger charge is -2.17. The average Bonchev–Trinajstić information content (AvgIpc) is 2.67. The molecule has 0 bridgehead atoms. The molecule has 142 valence electrons. The van der Waals surface area contributed by atoms with E-state index in [1.54, 1.807) is 35.9 Å². The second kappa shape index (κ2) is 8.30. The number of benzene rings is 2. The first kappa shape index (κ1) is 19.7. The molecule has 0 aliphatic rings. The summed E-state index contributed by atoms with van der Waals surface area (Å²) in [6, 6.07) is 12.4. The lowest BCUT2D eigenvalue weighted by Crippen LogP contribution is -2.28. The van der Waals surface area contributed by atoms with Crippen LogP contribution in [0, 0.1) is 11.8 Å². The number of carbonyl (C=O) groups excluding carboxylic acids is 1. The SMILES string of the molecule is Cn1c(Cc2ccc(Cl)cc2)c(C(N)=O)c(=O)c2cccc(C#CCCO)c21. The van der Waals surface area contributed by atoms with E-state index in [2.05, 4.69) is 11.8 Å². The van der Waals surface area contributed by atoms with Crippen LogP contribution in [-0.2, 0) is 13.5 Å². The maximum Gasteiger partial charge on any atom is 0.254 e. The number of aliphatic hydroxyl groups is 1. The molecule has 3 N–H and O–H groups in total. The summed E-state index contributed by atoms with van der Waals surface area (Å²) in [6.45, 7) is -0.0374. The van der Waals surface area contributed by atoms with Crippen LogP contribution < -0.4 is 11.2 Å². The van der Waals surface area contributed by atoms with Gasteiger partial charge in [0.1, 0.15) is 5.56 Å². The molecule has 1 aromatic heterocycles. The highest BCUT2D eigenvalue weighted by Gasteiger charge is 2.20. The Morgan fingerprint density at radius 1 is 1.21 bits per heavy atom. The molecule has 0 unspecified atom stereocenters. The fourth-order valence-corrected chi connectivity index (χ4v) is 3.35. The normalized spacial score (nSPS) is 10.5. The van der Waals surface area contributed by atoms with Crippen molar-refractivity contribution < 1.29 is 9.90 Å². The van der Waals surface area contributed by atoms with Crippen molar-refractivity contribution in [2.24, 2.45) is 12.8 Å². The second-order valence-corrected chi connectivity index (χ2v) is 6.79. The quantitative estimate of drug-likeness (QED) is 0.667. The molecule has 5 nitrogen and oxygen atoms in total. The van der Waals surface area contributed by atoms with Crippen molar-refractivity contribution in [3.05, 3.63) is 80.1 Å². The summed E-state index contributed by atoms with van der Waals surface area (Å²) in [4.78, 5) is 25.2. The van der Waals surface area contributed by atoms with Gasteiger partial charge in [0.05, 0.1) is 12.1 Å². The lowest BCUT2D eigenvalue weighted by molar-refractivity contribution is 0.0998. The molecule has 2 aromatic carbocycles. The topological polar surface area (TPSA) is 85.3 Å². The van der Waals surface area contributed by atoms with Crippen molar-refractivity contribution in [2.45, 2.75) is 12.8 Å². The van der Waals surface area contributed by atoms with Gasteiger partial charge in [-0.25, -0.2) is 0 Å². The van der Waals surface area contributed by atoms with Crippen LogP contribution in [0.25, 0.3) is 10.9 Å². The van der Waals surface area contributed by atoms with Gasteiger partial charge in [-0.05, 0) is 29.8 Å². The zero-order valence-electron chi connectivity index (χ0n) is 15.3. The van der Waals surface area contributed by atoms with Crippen molar-refractivity contribution in [1.82, 2.24) is 4.57 Å². The molecule has 0 aliphatic carbocycles. The summed E-state index contributed by atoms with van der Waals surface area (Å²) in [6.07, 6.45) is 0.677. The average molecular weight is 395 g/mol. The Bertz CT molecular complexity index is 1170. The number of aliphatic hydroxyl groups excluding tert-OH is 1. The third-order valence-corrected chi connectivity index (χ3v) is 4.78. The zero-order chi connectivity index (χ0) is 20.3. The van der Waals surface area contributed by atoms with Crippen LogP contribution in [0.15, 0.2) is 47.3 Å². The number of hydrogen-bond donors (Lipinski definition) is 2. The van der Waals surface area contributed by atoms with Gasteiger partial charge in [0.15, 0.2) is 0 Å². The minimum absolute atomic E-state index is 0.0228. The number of hydrogen-bond acceptors (Lipinski definition) is 3. The van der Waals surface area contributed by atoms with E-state index >= 15 is 0 Å². The first-order valence-corrected chi connectivity index (χ1v) is 9.10. The van der Waals surface area contributed by atoms with Crippen molar-refractivity contribution in [2.75, 3.05) is 6.61 Å². The molecule has 0 fully saturated rings. The Hall–Kier alpha value is -3.07. The molecule has 3 aromatic rings. The monoisotopic (exact) mass is 394 g/mol.